The fourth-order valence-corrected chi connectivity index (χ4v) is 2.26. The van der Waals surface area contributed by atoms with E-state index in [1.807, 2.05) is 0 Å². The topological polar surface area (TPSA) is 81.2 Å². The van der Waals surface area contributed by atoms with Crippen molar-refractivity contribution in [1.82, 2.24) is 9.78 Å². The number of rotatable bonds is 2. The van der Waals surface area contributed by atoms with E-state index in [0.29, 0.717) is 6.42 Å². The van der Waals surface area contributed by atoms with Crippen LogP contribution in [0.4, 0.5) is 5.82 Å². The van der Waals surface area contributed by atoms with Gasteiger partial charge in [0.25, 0.3) is 0 Å². The second-order valence-electron chi connectivity index (χ2n) is 3.96. The number of aliphatic hydroxyl groups is 1. The average molecular weight is 246 g/mol. The molecule has 1 aromatic rings. The van der Waals surface area contributed by atoms with Gasteiger partial charge in [-0.3, -0.25) is 0 Å². The molecule has 6 nitrogen and oxygen atoms in total. The van der Waals surface area contributed by atoms with Crippen molar-refractivity contribution in [3.05, 3.63) is 21.3 Å². The summed E-state index contributed by atoms with van der Waals surface area (Å²) in [5, 5.41) is 24.2. The molecule has 1 aliphatic carbocycles. The van der Waals surface area contributed by atoms with E-state index in [-0.39, 0.29) is 16.9 Å². The predicted octanol–water partition coefficient (Wildman–Crippen LogP) is 1.92. The SMILES string of the molecule is O=[N+]([O-])c1nn(C2CCCCC2O)cc1Cl. The third-order valence-electron chi connectivity index (χ3n) is 2.88. The quantitative estimate of drug-likeness (QED) is 0.638. The van der Waals surface area contributed by atoms with Gasteiger partial charge in [-0.25, -0.2) is 0 Å². The van der Waals surface area contributed by atoms with Crippen LogP contribution in [-0.2, 0) is 0 Å². The first-order valence-corrected chi connectivity index (χ1v) is 5.54. The Morgan fingerprint density at radius 2 is 2.25 bits per heavy atom. The van der Waals surface area contributed by atoms with Gasteiger partial charge in [0.15, 0.2) is 5.02 Å². The zero-order valence-electron chi connectivity index (χ0n) is 8.54. The van der Waals surface area contributed by atoms with Crippen LogP contribution in [0, 0.1) is 10.1 Å². The van der Waals surface area contributed by atoms with E-state index in [1.165, 1.54) is 10.9 Å². The fraction of sp³-hybridized carbons (Fsp3) is 0.667. The number of nitro groups is 1. The molecule has 0 radical (unpaired) electrons. The minimum absolute atomic E-state index is 0.0165. The molecule has 1 saturated carbocycles. The Morgan fingerprint density at radius 3 is 2.81 bits per heavy atom. The Labute approximate surface area is 97.0 Å². The van der Waals surface area contributed by atoms with E-state index in [4.69, 9.17) is 11.6 Å². The molecule has 2 unspecified atom stereocenters. The van der Waals surface area contributed by atoms with Crippen LogP contribution in [0.25, 0.3) is 0 Å². The minimum atomic E-state index is -0.617. The lowest BCUT2D eigenvalue weighted by atomic mass is 9.93. The molecule has 0 aromatic carbocycles. The second-order valence-corrected chi connectivity index (χ2v) is 4.36. The van der Waals surface area contributed by atoms with Crippen molar-refractivity contribution in [3.8, 4) is 0 Å². The van der Waals surface area contributed by atoms with Crippen molar-refractivity contribution in [3.63, 3.8) is 0 Å². The lowest BCUT2D eigenvalue weighted by molar-refractivity contribution is -0.389. The van der Waals surface area contributed by atoms with Crippen molar-refractivity contribution in [1.29, 1.82) is 0 Å². The predicted molar refractivity (Wildman–Crippen MR) is 57.4 cm³/mol. The molecule has 0 bridgehead atoms. The van der Waals surface area contributed by atoms with Gasteiger partial charge in [0.2, 0.25) is 0 Å². The summed E-state index contributed by atoms with van der Waals surface area (Å²) in [5.41, 5.74) is 0. The van der Waals surface area contributed by atoms with Crippen molar-refractivity contribution < 1.29 is 10.0 Å². The van der Waals surface area contributed by atoms with Crippen LogP contribution in [-0.4, -0.2) is 25.9 Å². The number of aliphatic hydroxyl groups excluding tert-OH is 1. The first-order valence-electron chi connectivity index (χ1n) is 5.16. The Kier molecular flexibility index (Phi) is 3.11. The summed E-state index contributed by atoms with van der Waals surface area (Å²) >= 11 is 5.70. The third kappa shape index (κ3) is 2.03. The van der Waals surface area contributed by atoms with Gasteiger partial charge in [0.1, 0.15) is 0 Å². The molecule has 1 aliphatic rings. The van der Waals surface area contributed by atoms with Gasteiger partial charge >= 0.3 is 5.82 Å². The molecule has 88 valence electrons. The Hall–Kier alpha value is -1.14. The largest absolute Gasteiger partial charge is 0.408 e. The maximum Gasteiger partial charge on any atom is 0.408 e. The van der Waals surface area contributed by atoms with Crippen LogP contribution >= 0.6 is 11.6 Å². The van der Waals surface area contributed by atoms with Gasteiger partial charge in [0.05, 0.1) is 23.4 Å². The van der Waals surface area contributed by atoms with Gasteiger partial charge < -0.3 is 15.2 Å². The summed E-state index contributed by atoms with van der Waals surface area (Å²) in [6, 6.07) is -0.194. The van der Waals surface area contributed by atoms with Crippen LogP contribution in [0.2, 0.25) is 5.02 Å². The second kappa shape index (κ2) is 4.39. The highest BCUT2D eigenvalue weighted by molar-refractivity contribution is 6.32. The highest BCUT2D eigenvalue weighted by Gasteiger charge is 2.30. The molecule has 2 atom stereocenters. The summed E-state index contributed by atoms with van der Waals surface area (Å²) in [6.45, 7) is 0. The van der Waals surface area contributed by atoms with E-state index >= 15 is 0 Å². The van der Waals surface area contributed by atoms with E-state index in [0.717, 1.165) is 19.3 Å². The van der Waals surface area contributed by atoms with Gasteiger partial charge in [-0.2, -0.15) is 4.68 Å². The van der Waals surface area contributed by atoms with Crippen molar-refractivity contribution in [2.75, 3.05) is 0 Å². The van der Waals surface area contributed by atoms with Gasteiger partial charge in [-0.1, -0.05) is 24.4 Å². The summed E-state index contributed by atoms with van der Waals surface area (Å²) in [5.74, 6) is -0.348. The molecule has 1 aromatic heterocycles. The molecule has 7 heteroatoms. The van der Waals surface area contributed by atoms with Crippen molar-refractivity contribution in [2.24, 2.45) is 0 Å². The number of nitrogens with zero attached hydrogens (tertiary/aromatic N) is 3. The van der Waals surface area contributed by atoms with E-state index in [1.54, 1.807) is 0 Å². The van der Waals surface area contributed by atoms with Gasteiger partial charge in [0, 0.05) is 0 Å². The first-order chi connectivity index (χ1) is 7.59. The van der Waals surface area contributed by atoms with E-state index in [2.05, 4.69) is 5.10 Å². The number of halogens is 1. The van der Waals surface area contributed by atoms with Gasteiger partial charge in [-0.15, -0.1) is 0 Å². The van der Waals surface area contributed by atoms with E-state index < -0.39 is 11.0 Å². The molecule has 1 N–H and O–H groups in total. The van der Waals surface area contributed by atoms with Crippen LogP contribution in [0.1, 0.15) is 31.7 Å². The summed E-state index contributed by atoms with van der Waals surface area (Å²) < 4.78 is 1.42. The number of hydrogen-bond acceptors (Lipinski definition) is 4. The number of hydrogen-bond donors (Lipinski definition) is 1. The van der Waals surface area contributed by atoms with Gasteiger partial charge in [-0.05, 0) is 17.8 Å². The molecule has 16 heavy (non-hydrogen) atoms. The Morgan fingerprint density at radius 1 is 1.56 bits per heavy atom. The molecule has 0 amide bonds. The van der Waals surface area contributed by atoms with Crippen molar-refractivity contribution in [2.45, 2.75) is 37.8 Å². The molecule has 1 fully saturated rings. The van der Waals surface area contributed by atoms with Crippen LogP contribution in [0.5, 0.6) is 0 Å². The molecule has 1 heterocycles. The third-order valence-corrected chi connectivity index (χ3v) is 3.14. The summed E-state index contributed by atoms with van der Waals surface area (Å²) in [7, 11) is 0. The Balaban J connectivity index is 2.26. The molecular formula is C9H12ClN3O3. The summed E-state index contributed by atoms with van der Waals surface area (Å²) in [4.78, 5) is 9.97. The molecule has 0 saturated heterocycles. The van der Waals surface area contributed by atoms with Crippen LogP contribution in [0.3, 0.4) is 0 Å². The highest BCUT2D eigenvalue weighted by Crippen LogP contribution is 2.31. The van der Waals surface area contributed by atoms with E-state index in [9.17, 15) is 15.2 Å². The van der Waals surface area contributed by atoms with Crippen molar-refractivity contribution >= 4 is 17.4 Å². The van der Waals surface area contributed by atoms with Crippen LogP contribution < -0.4 is 0 Å². The standard InChI is InChI=1S/C9H12ClN3O3/c10-6-5-12(11-9(6)13(15)16)7-3-1-2-4-8(7)14/h5,7-8,14H,1-4H2. The fourth-order valence-electron chi connectivity index (χ4n) is 2.05. The molecular weight excluding hydrogens is 234 g/mol. The smallest absolute Gasteiger partial charge is 0.391 e. The zero-order chi connectivity index (χ0) is 11.7. The lowest BCUT2D eigenvalue weighted by Crippen LogP contribution is -2.27. The lowest BCUT2D eigenvalue weighted by Gasteiger charge is -2.25. The highest BCUT2D eigenvalue weighted by atomic mass is 35.5. The maximum absolute atomic E-state index is 10.6. The average Bonchev–Trinajstić information content (AvgIpc) is 2.61. The molecule has 0 spiro atoms. The number of aromatic nitrogens is 2. The molecule has 2 rings (SSSR count). The molecule has 0 aliphatic heterocycles. The van der Waals surface area contributed by atoms with Crippen LogP contribution in [0.15, 0.2) is 6.20 Å². The zero-order valence-corrected chi connectivity index (χ0v) is 9.30. The monoisotopic (exact) mass is 245 g/mol. The first kappa shape index (κ1) is 11.3. The minimum Gasteiger partial charge on any atom is -0.391 e. The summed E-state index contributed by atoms with van der Waals surface area (Å²) in [6.07, 6.45) is 4.37. The normalized spacial score (nSPS) is 25.6. The Bertz CT molecular complexity index is 407. The maximum atomic E-state index is 10.6.